The number of Topliss-reactive ketones (excluding diaryl/α,β-unsaturated/α-hetero) is 1. The number of carbonyl (C=O) groups is 1. The van der Waals surface area contributed by atoms with Crippen molar-refractivity contribution in [2.45, 2.75) is 6.54 Å². The molecule has 3 rings (SSSR count). The van der Waals surface area contributed by atoms with Crippen molar-refractivity contribution >= 4 is 5.78 Å². The number of rotatable bonds is 4. The summed E-state index contributed by atoms with van der Waals surface area (Å²) in [6, 6.07) is 17.2. The van der Waals surface area contributed by atoms with Gasteiger partial charge >= 0.3 is 0 Å². The molecule has 0 radical (unpaired) electrons. The summed E-state index contributed by atoms with van der Waals surface area (Å²) in [6.07, 6.45) is 3.49. The molecule has 3 nitrogen and oxygen atoms in total. The molecular weight excluding hydrogens is 279 g/mol. The van der Waals surface area contributed by atoms with Gasteiger partial charge in [-0.1, -0.05) is 18.2 Å². The molecule has 0 bridgehead atoms. The van der Waals surface area contributed by atoms with Crippen LogP contribution in [0.15, 0.2) is 73.1 Å². The van der Waals surface area contributed by atoms with Crippen molar-refractivity contribution in [1.29, 1.82) is 0 Å². The summed E-state index contributed by atoms with van der Waals surface area (Å²) < 4.78 is 15.5. The fourth-order valence-electron chi connectivity index (χ4n) is 2.29. The zero-order valence-corrected chi connectivity index (χ0v) is 11.8. The first-order valence-corrected chi connectivity index (χ1v) is 6.93. The lowest BCUT2D eigenvalue weighted by atomic mass is 10.1. The maximum Gasteiger partial charge on any atom is 0.231 e. The van der Waals surface area contributed by atoms with E-state index in [2.05, 4.69) is 4.98 Å². The highest BCUT2D eigenvalue weighted by molar-refractivity contribution is 5.95. The Kier molecular flexibility index (Phi) is 4.01. The van der Waals surface area contributed by atoms with Crippen molar-refractivity contribution in [3.05, 3.63) is 84.4 Å². The summed E-state index contributed by atoms with van der Waals surface area (Å²) in [4.78, 5) is 16.6. The summed E-state index contributed by atoms with van der Waals surface area (Å²) in [5.74, 6) is -0.769. The zero-order valence-electron chi connectivity index (χ0n) is 11.8. The van der Waals surface area contributed by atoms with Crippen LogP contribution >= 0.6 is 0 Å². The van der Waals surface area contributed by atoms with Gasteiger partial charge in [-0.25, -0.2) is 9.37 Å². The largest absolute Gasteiger partial charge is 0.287 e. The number of hydrogen-bond donors (Lipinski definition) is 0. The van der Waals surface area contributed by atoms with E-state index in [-0.39, 0.29) is 17.9 Å². The zero-order chi connectivity index (χ0) is 15.4. The van der Waals surface area contributed by atoms with E-state index in [1.165, 1.54) is 12.1 Å². The fraction of sp³-hybridized carbons (Fsp3) is 0.0556. The van der Waals surface area contributed by atoms with E-state index in [9.17, 15) is 9.18 Å². The molecule has 1 aromatic carbocycles. The van der Waals surface area contributed by atoms with E-state index < -0.39 is 5.82 Å². The number of hydrogen-bond acceptors (Lipinski definition) is 2. The Labute approximate surface area is 127 Å². The van der Waals surface area contributed by atoms with Crippen LogP contribution in [-0.2, 0) is 6.54 Å². The maximum absolute atomic E-state index is 13.7. The molecule has 108 valence electrons. The van der Waals surface area contributed by atoms with Crippen molar-refractivity contribution in [3.8, 4) is 11.4 Å². The normalized spacial score (nSPS) is 10.4. The molecule has 0 atom stereocenters. The number of benzene rings is 1. The Balaban J connectivity index is 1.94. The van der Waals surface area contributed by atoms with Crippen molar-refractivity contribution < 1.29 is 13.8 Å². The lowest BCUT2D eigenvalue weighted by molar-refractivity contribution is -0.672. The summed E-state index contributed by atoms with van der Waals surface area (Å²) in [5, 5.41) is 0. The first-order valence-electron chi connectivity index (χ1n) is 6.93. The third-order valence-electron chi connectivity index (χ3n) is 3.36. The molecule has 3 aromatic rings. The van der Waals surface area contributed by atoms with E-state index in [1.807, 2.05) is 36.4 Å². The van der Waals surface area contributed by atoms with Crippen molar-refractivity contribution in [2.75, 3.05) is 0 Å². The Morgan fingerprint density at radius 3 is 2.55 bits per heavy atom. The van der Waals surface area contributed by atoms with Crippen LogP contribution in [0.1, 0.15) is 10.4 Å². The van der Waals surface area contributed by atoms with E-state index in [0.717, 1.165) is 11.4 Å². The minimum Gasteiger partial charge on any atom is -0.287 e. The smallest absolute Gasteiger partial charge is 0.231 e. The van der Waals surface area contributed by atoms with Gasteiger partial charge in [-0.05, 0) is 30.3 Å². The predicted octanol–water partition coefficient (Wildman–Crippen LogP) is 3.06. The van der Waals surface area contributed by atoms with E-state index in [0.29, 0.717) is 0 Å². The van der Waals surface area contributed by atoms with Crippen LogP contribution in [0.5, 0.6) is 0 Å². The monoisotopic (exact) mass is 293 g/mol. The third-order valence-corrected chi connectivity index (χ3v) is 3.36. The second kappa shape index (κ2) is 6.26. The molecule has 0 spiro atoms. The Hall–Kier alpha value is -2.88. The Bertz CT molecular complexity index is 803. The number of halogens is 1. The van der Waals surface area contributed by atoms with Gasteiger partial charge in [0, 0.05) is 18.3 Å². The van der Waals surface area contributed by atoms with Gasteiger partial charge in [0.1, 0.15) is 11.5 Å². The lowest BCUT2D eigenvalue weighted by Gasteiger charge is -2.04. The number of aromatic nitrogens is 2. The standard InChI is InChI=1S/C18H14FN2O/c19-15-8-2-1-7-14(15)18(22)13-21-12-6-4-10-17(21)16-9-3-5-11-20-16/h1-12H,13H2/q+1. The lowest BCUT2D eigenvalue weighted by Crippen LogP contribution is -2.40. The van der Waals surface area contributed by atoms with Gasteiger partial charge in [0.25, 0.3) is 0 Å². The Morgan fingerprint density at radius 1 is 1.00 bits per heavy atom. The Morgan fingerprint density at radius 2 is 1.77 bits per heavy atom. The summed E-state index contributed by atoms with van der Waals surface area (Å²) in [5.41, 5.74) is 1.68. The molecule has 0 aliphatic carbocycles. The SMILES string of the molecule is O=C(C[n+]1ccccc1-c1ccccn1)c1ccccc1F. The van der Waals surface area contributed by atoms with Gasteiger partial charge in [0.15, 0.2) is 6.20 Å². The van der Waals surface area contributed by atoms with Crippen LogP contribution < -0.4 is 4.57 Å². The summed E-state index contributed by atoms with van der Waals surface area (Å²) in [7, 11) is 0. The average Bonchev–Trinajstić information content (AvgIpc) is 2.56. The van der Waals surface area contributed by atoms with Gasteiger partial charge in [-0.3, -0.25) is 4.79 Å². The summed E-state index contributed by atoms with van der Waals surface area (Å²) in [6.45, 7) is 0.0632. The van der Waals surface area contributed by atoms with Gasteiger partial charge < -0.3 is 0 Å². The van der Waals surface area contributed by atoms with Gasteiger partial charge in [-0.2, -0.15) is 4.57 Å². The highest BCUT2D eigenvalue weighted by atomic mass is 19.1. The van der Waals surface area contributed by atoms with Crippen LogP contribution in [-0.4, -0.2) is 10.8 Å². The molecular formula is C18H14FN2O+. The molecule has 0 aliphatic rings. The van der Waals surface area contributed by atoms with Crippen molar-refractivity contribution in [3.63, 3.8) is 0 Å². The molecule has 0 unspecified atom stereocenters. The molecule has 0 fully saturated rings. The second-order valence-corrected chi connectivity index (χ2v) is 4.83. The molecule has 0 aliphatic heterocycles. The molecule has 0 N–H and O–H groups in total. The number of nitrogens with zero attached hydrogens (tertiary/aromatic N) is 2. The van der Waals surface area contributed by atoms with Crippen LogP contribution in [0.25, 0.3) is 11.4 Å². The highest BCUT2D eigenvalue weighted by Crippen LogP contribution is 2.12. The first kappa shape index (κ1) is 14.1. The molecule has 4 heteroatoms. The molecule has 0 amide bonds. The first-order chi connectivity index (χ1) is 10.8. The predicted molar refractivity (Wildman–Crippen MR) is 80.6 cm³/mol. The average molecular weight is 293 g/mol. The van der Waals surface area contributed by atoms with Crippen LogP contribution in [0.4, 0.5) is 4.39 Å². The second-order valence-electron chi connectivity index (χ2n) is 4.83. The summed E-state index contributed by atoms with van der Waals surface area (Å²) >= 11 is 0. The topological polar surface area (TPSA) is 33.8 Å². The highest BCUT2D eigenvalue weighted by Gasteiger charge is 2.20. The van der Waals surface area contributed by atoms with Crippen LogP contribution in [0.2, 0.25) is 0 Å². The third kappa shape index (κ3) is 2.91. The van der Waals surface area contributed by atoms with E-state index in [4.69, 9.17) is 0 Å². The van der Waals surface area contributed by atoms with Gasteiger partial charge in [-0.15, -0.1) is 0 Å². The van der Waals surface area contributed by atoms with Gasteiger partial charge in [0.2, 0.25) is 18.0 Å². The van der Waals surface area contributed by atoms with Crippen LogP contribution in [0, 0.1) is 5.82 Å². The molecule has 0 saturated carbocycles. The van der Waals surface area contributed by atoms with E-state index in [1.54, 1.807) is 29.1 Å². The molecule has 0 saturated heterocycles. The van der Waals surface area contributed by atoms with Gasteiger partial charge in [0.05, 0.1) is 5.56 Å². The number of ketones is 1. The van der Waals surface area contributed by atoms with Crippen molar-refractivity contribution in [2.24, 2.45) is 0 Å². The molecule has 2 heterocycles. The van der Waals surface area contributed by atoms with E-state index >= 15 is 0 Å². The minimum atomic E-state index is -0.497. The minimum absolute atomic E-state index is 0.0632. The quantitative estimate of drug-likeness (QED) is 0.547. The molecule has 2 aromatic heterocycles. The molecule has 22 heavy (non-hydrogen) atoms. The number of pyridine rings is 2. The number of carbonyl (C=O) groups excluding carboxylic acids is 1. The van der Waals surface area contributed by atoms with Crippen molar-refractivity contribution in [1.82, 2.24) is 4.98 Å². The van der Waals surface area contributed by atoms with Crippen LogP contribution in [0.3, 0.4) is 0 Å². The fourth-order valence-corrected chi connectivity index (χ4v) is 2.29. The maximum atomic E-state index is 13.7.